The molecule has 0 heterocycles. The maximum atomic E-state index is 12.0. The molecule has 0 radical (unpaired) electrons. The molecule has 0 fully saturated rings. The summed E-state index contributed by atoms with van der Waals surface area (Å²) < 4.78 is 4.81. The van der Waals surface area contributed by atoms with E-state index in [-0.39, 0.29) is 18.7 Å². The number of nitrogens with one attached hydrogen (secondary N) is 3. The quantitative estimate of drug-likeness (QED) is 0.466. The van der Waals surface area contributed by atoms with Gasteiger partial charge in [0.05, 0.1) is 6.42 Å². The van der Waals surface area contributed by atoms with Crippen molar-refractivity contribution in [2.24, 2.45) is 0 Å². The van der Waals surface area contributed by atoms with Gasteiger partial charge in [-0.05, 0) is 30.2 Å². The standard InChI is InChI=1S/C21H23N3O5/c1-2-15-8-6-7-11-17(15)22-18(25)12-13-20(27)29-14-19(26)23-24-21(28)16-9-4-3-5-10-16/h3-11H,2,12-14H2,1H3,(H,22,25)(H,23,26)(H,24,28). The van der Waals surface area contributed by atoms with Crippen molar-refractivity contribution in [2.45, 2.75) is 26.2 Å². The summed E-state index contributed by atoms with van der Waals surface area (Å²) in [6, 6.07) is 15.7. The fourth-order valence-electron chi connectivity index (χ4n) is 2.42. The number of anilines is 1. The largest absolute Gasteiger partial charge is 0.455 e. The van der Waals surface area contributed by atoms with Crippen LogP contribution in [0.15, 0.2) is 54.6 Å². The van der Waals surface area contributed by atoms with E-state index in [1.165, 1.54) is 0 Å². The van der Waals surface area contributed by atoms with Crippen molar-refractivity contribution >= 4 is 29.4 Å². The van der Waals surface area contributed by atoms with Gasteiger partial charge in [-0.15, -0.1) is 0 Å². The number of amides is 3. The molecule has 8 nitrogen and oxygen atoms in total. The highest BCUT2D eigenvalue weighted by molar-refractivity contribution is 5.95. The van der Waals surface area contributed by atoms with Gasteiger partial charge < -0.3 is 10.1 Å². The third-order valence-corrected chi connectivity index (χ3v) is 3.94. The predicted molar refractivity (Wildman–Crippen MR) is 107 cm³/mol. The van der Waals surface area contributed by atoms with Gasteiger partial charge in [-0.3, -0.25) is 30.0 Å². The molecule has 2 aromatic rings. The van der Waals surface area contributed by atoms with Gasteiger partial charge in [-0.25, -0.2) is 0 Å². The molecule has 0 atom stereocenters. The smallest absolute Gasteiger partial charge is 0.306 e. The summed E-state index contributed by atoms with van der Waals surface area (Å²) in [6.45, 7) is 1.42. The molecule has 2 aromatic carbocycles. The zero-order chi connectivity index (χ0) is 21.1. The van der Waals surface area contributed by atoms with Crippen LogP contribution < -0.4 is 16.2 Å². The van der Waals surface area contributed by atoms with Crippen LogP contribution in [0.2, 0.25) is 0 Å². The Bertz CT molecular complexity index is 868. The van der Waals surface area contributed by atoms with E-state index in [0.29, 0.717) is 11.3 Å². The summed E-state index contributed by atoms with van der Waals surface area (Å²) >= 11 is 0. The number of ether oxygens (including phenoxy) is 1. The van der Waals surface area contributed by atoms with E-state index < -0.39 is 24.4 Å². The lowest BCUT2D eigenvalue weighted by molar-refractivity contribution is -0.149. The Morgan fingerprint density at radius 2 is 1.52 bits per heavy atom. The van der Waals surface area contributed by atoms with Crippen LogP contribution in [0.1, 0.15) is 35.7 Å². The van der Waals surface area contributed by atoms with E-state index in [0.717, 1.165) is 12.0 Å². The normalized spacial score (nSPS) is 9.97. The summed E-state index contributed by atoms with van der Waals surface area (Å²) in [5.41, 5.74) is 6.45. The van der Waals surface area contributed by atoms with E-state index in [1.54, 1.807) is 36.4 Å². The monoisotopic (exact) mass is 397 g/mol. The van der Waals surface area contributed by atoms with Crippen LogP contribution in [0.5, 0.6) is 0 Å². The van der Waals surface area contributed by atoms with E-state index >= 15 is 0 Å². The Morgan fingerprint density at radius 3 is 2.24 bits per heavy atom. The molecular formula is C21H23N3O5. The van der Waals surface area contributed by atoms with Crippen LogP contribution in [0.25, 0.3) is 0 Å². The van der Waals surface area contributed by atoms with Crippen molar-refractivity contribution in [3.63, 3.8) is 0 Å². The summed E-state index contributed by atoms with van der Waals surface area (Å²) in [6.07, 6.45) is 0.543. The fraction of sp³-hybridized carbons (Fsp3) is 0.238. The number of hydrazine groups is 1. The van der Waals surface area contributed by atoms with Crippen LogP contribution in [0, 0.1) is 0 Å². The highest BCUT2D eigenvalue weighted by Gasteiger charge is 2.12. The second-order valence-corrected chi connectivity index (χ2v) is 6.09. The molecule has 0 aromatic heterocycles. The molecule has 0 saturated heterocycles. The van der Waals surface area contributed by atoms with Crippen molar-refractivity contribution in [1.29, 1.82) is 0 Å². The van der Waals surface area contributed by atoms with E-state index in [2.05, 4.69) is 16.2 Å². The Morgan fingerprint density at radius 1 is 0.828 bits per heavy atom. The van der Waals surface area contributed by atoms with Crippen LogP contribution in [0.3, 0.4) is 0 Å². The molecule has 2 rings (SSSR count). The molecular weight excluding hydrogens is 374 g/mol. The number of benzene rings is 2. The predicted octanol–water partition coefficient (Wildman–Crippen LogP) is 1.97. The number of hydrogen-bond donors (Lipinski definition) is 3. The van der Waals surface area contributed by atoms with Crippen molar-refractivity contribution < 1.29 is 23.9 Å². The first-order valence-electron chi connectivity index (χ1n) is 9.17. The van der Waals surface area contributed by atoms with Crippen LogP contribution in [-0.4, -0.2) is 30.3 Å². The molecule has 3 N–H and O–H groups in total. The number of carbonyl (C=O) groups excluding carboxylic acids is 4. The van der Waals surface area contributed by atoms with Gasteiger partial charge in [0.2, 0.25) is 5.91 Å². The van der Waals surface area contributed by atoms with Crippen LogP contribution in [0.4, 0.5) is 5.69 Å². The minimum Gasteiger partial charge on any atom is -0.455 e. The second-order valence-electron chi connectivity index (χ2n) is 6.09. The number of rotatable bonds is 8. The van der Waals surface area contributed by atoms with Gasteiger partial charge >= 0.3 is 5.97 Å². The second kappa shape index (κ2) is 11.2. The average molecular weight is 397 g/mol. The molecule has 8 heteroatoms. The van der Waals surface area contributed by atoms with Gasteiger partial charge in [-0.1, -0.05) is 43.3 Å². The lowest BCUT2D eigenvalue weighted by Crippen LogP contribution is -2.43. The zero-order valence-electron chi connectivity index (χ0n) is 16.1. The first kappa shape index (κ1) is 21.6. The van der Waals surface area contributed by atoms with Crippen molar-refractivity contribution in [2.75, 3.05) is 11.9 Å². The average Bonchev–Trinajstić information content (AvgIpc) is 2.75. The molecule has 0 unspecified atom stereocenters. The maximum absolute atomic E-state index is 12.0. The number of aryl methyl sites for hydroxylation is 1. The summed E-state index contributed by atoms with van der Waals surface area (Å²) in [7, 11) is 0. The highest BCUT2D eigenvalue weighted by Crippen LogP contribution is 2.15. The summed E-state index contributed by atoms with van der Waals surface area (Å²) in [4.78, 5) is 47.1. The van der Waals surface area contributed by atoms with Gasteiger partial charge in [0.1, 0.15) is 0 Å². The SMILES string of the molecule is CCc1ccccc1NC(=O)CCC(=O)OCC(=O)NNC(=O)c1ccccc1. The third-order valence-electron chi connectivity index (χ3n) is 3.94. The van der Waals surface area contributed by atoms with Gasteiger partial charge in [-0.2, -0.15) is 0 Å². The lowest BCUT2D eigenvalue weighted by Gasteiger charge is -2.10. The van der Waals surface area contributed by atoms with Crippen molar-refractivity contribution in [3.05, 3.63) is 65.7 Å². The summed E-state index contributed by atoms with van der Waals surface area (Å²) in [5.74, 6) is -2.19. The molecule has 0 saturated carbocycles. The van der Waals surface area contributed by atoms with Gasteiger partial charge in [0, 0.05) is 17.7 Å². The molecule has 152 valence electrons. The first-order chi connectivity index (χ1) is 14.0. The minimum atomic E-state index is -0.691. The topological polar surface area (TPSA) is 114 Å². The molecule has 0 aliphatic carbocycles. The number of hydrogen-bond acceptors (Lipinski definition) is 5. The number of esters is 1. The molecule has 0 bridgehead atoms. The van der Waals surface area contributed by atoms with Crippen LogP contribution >= 0.6 is 0 Å². The Labute approximate surface area is 168 Å². The fourth-order valence-corrected chi connectivity index (χ4v) is 2.42. The molecule has 0 aliphatic heterocycles. The van der Waals surface area contributed by atoms with Gasteiger partial charge in [0.15, 0.2) is 6.61 Å². The van der Waals surface area contributed by atoms with E-state index in [1.807, 2.05) is 25.1 Å². The maximum Gasteiger partial charge on any atom is 0.306 e. The zero-order valence-corrected chi connectivity index (χ0v) is 16.1. The highest BCUT2D eigenvalue weighted by atomic mass is 16.5. The van der Waals surface area contributed by atoms with E-state index in [9.17, 15) is 19.2 Å². The molecule has 29 heavy (non-hydrogen) atoms. The molecule has 3 amide bonds. The van der Waals surface area contributed by atoms with Crippen molar-refractivity contribution in [1.82, 2.24) is 10.9 Å². The summed E-state index contributed by atoms with van der Waals surface area (Å²) in [5, 5.41) is 2.76. The van der Waals surface area contributed by atoms with E-state index in [4.69, 9.17) is 4.74 Å². The number of para-hydroxylation sites is 1. The lowest BCUT2D eigenvalue weighted by atomic mass is 10.1. The van der Waals surface area contributed by atoms with Crippen LogP contribution in [-0.2, 0) is 25.5 Å². The van der Waals surface area contributed by atoms with Crippen molar-refractivity contribution in [3.8, 4) is 0 Å². The Kier molecular flexibility index (Phi) is 8.37. The minimum absolute atomic E-state index is 0.0662. The molecule has 0 spiro atoms. The number of carbonyl (C=O) groups is 4. The first-order valence-corrected chi connectivity index (χ1v) is 9.17. The Hall–Kier alpha value is -3.68. The third kappa shape index (κ3) is 7.45. The molecule has 0 aliphatic rings. The Balaban J connectivity index is 1.65. The van der Waals surface area contributed by atoms with Gasteiger partial charge in [0.25, 0.3) is 11.8 Å².